The van der Waals surface area contributed by atoms with Crippen molar-refractivity contribution in [1.29, 1.82) is 0 Å². The van der Waals surface area contributed by atoms with E-state index in [4.69, 9.17) is 9.52 Å². The molecule has 6 heteroatoms. The van der Waals surface area contributed by atoms with Crippen molar-refractivity contribution >= 4 is 11.9 Å². The van der Waals surface area contributed by atoms with E-state index in [0.29, 0.717) is 12.3 Å². The molecule has 1 heterocycles. The summed E-state index contributed by atoms with van der Waals surface area (Å²) in [6.45, 7) is 3.46. The van der Waals surface area contributed by atoms with E-state index < -0.39 is 5.97 Å². The predicted molar refractivity (Wildman–Crippen MR) is 65.3 cm³/mol. The number of nitrogens with one attached hydrogen (secondary N) is 1. The van der Waals surface area contributed by atoms with Gasteiger partial charge in [0.1, 0.15) is 12.0 Å². The van der Waals surface area contributed by atoms with Crippen LogP contribution < -0.4 is 5.32 Å². The van der Waals surface area contributed by atoms with Crippen LogP contribution in [0.5, 0.6) is 0 Å². The lowest BCUT2D eigenvalue weighted by Gasteiger charge is -2.19. The smallest absolute Gasteiger partial charge is 0.338 e. The molecule has 0 aliphatic heterocycles. The standard InChI is InChI=1S/C12H18N2O4/c1-3-4-14(7-11(15)13-2)6-10-5-9(8-18-10)12(16)17/h5,8H,3-4,6-7H2,1-2H3,(H,13,15)(H,16,17). The lowest BCUT2D eigenvalue weighted by Crippen LogP contribution is -2.35. The van der Waals surface area contributed by atoms with Gasteiger partial charge < -0.3 is 14.8 Å². The second-order valence-corrected chi connectivity index (χ2v) is 3.99. The Kier molecular flexibility index (Phi) is 5.38. The molecule has 0 atom stereocenters. The van der Waals surface area contributed by atoms with Gasteiger partial charge in [-0.2, -0.15) is 0 Å². The zero-order valence-corrected chi connectivity index (χ0v) is 10.6. The van der Waals surface area contributed by atoms with Crippen LogP contribution in [-0.2, 0) is 11.3 Å². The first-order valence-electron chi connectivity index (χ1n) is 5.80. The summed E-state index contributed by atoms with van der Waals surface area (Å²) in [4.78, 5) is 23.9. The van der Waals surface area contributed by atoms with Crippen molar-refractivity contribution in [2.45, 2.75) is 19.9 Å². The van der Waals surface area contributed by atoms with Crippen LogP contribution in [0.15, 0.2) is 16.7 Å². The summed E-state index contributed by atoms with van der Waals surface area (Å²) >= 11 is 0. The molecule has 6 nitrogen and oxygen atoms in total. The van der Waals surface area contributed by atoms with Crippen LogP contribution in [0.4, 0.5) is 0 Å². The number of carboxylic acids is 1. The Morgan fingerprint density at radius 2 is 2.22 bits per heavy atom. The molecule has 0 saturated carbocycles. The van der Waals surface area contributed by atoms with E-state index in [1.807, 2.05) is 11.8 Å². The molecule has 18 heavy (non-hydrogen) atoms. The lowest BCUT2D eigenvalue weighted by atomic mass is 10.3. The van der Waals surface area contributed by atoms with Gasteiger partial charge in [-0.15, -0.1) is 0 Å². The molecular formula is C12H18N2O4. The Labute approximate surface area is 106 Å². The number of carbonyl (C=O) groups excluding carboxylic acids is 1. The van der Waals surface area contributed by atoms with Crippen molar-refractivity contribution < 1.29 is 19.1 Å². The van der Waals surface area contributed by atoms with Gasteiger partial charge in [0, 0.05) is 7.05 Å². The number of amides is 1. The van der Waals surface area contributed by atoms with E-state index in [1.165, 1.54) is 12.3 Å². The second kappa shape index (κ2) is 6.80. The van der Waals surface area contributed by atoms with Gasteiger partial charge in [-0.3, -0.25) is 9.69 Å². The molecule has 0 unspecified atom stereocenters. The van der Waals surface area contributed by atoms with Gasteiger partial charge in [0.15, 0.2) is 0 Å². The molecule has 1 amide bonds. The number of rotatable bonds is 7. The van der Waals surface area contributed by atoms with Crippen LogP contribution in [0.25, 0.3) is 0 Å². The lowest BCUT2D eigenvalue weighted by molar-refractivity contribution is -0.121. The van der Waals surface area contributed by atoms with Gasteiger partial charge in [0.25, 0.3) is 0 Å². The van der Waals surface area contributed by atoms with Crippen LogP contribution >= 0.6 is 0 Å². The number of likely N-dealkylation sites (N-methyl/N-ethyl adjacent to an activating group) is 1. The molecule has 100 valence electrons. The van der Waals surface area contributed by atoms with Crippen LogP contribution in [-0.4, -0.2) is 42.0 Å². The third kappa shape index (κ3) is 4.21. The summed E-state index contributed by atoms with van der Waals surface area (Å²) in [5.41, 5.74) is 0.126. The topological polar surface area (TPSA) is 82.8 Å². The average Bonchev–Trinajstić information content (AvgIpc) is 2.77. The molecule has 0 aliphatic rings. The first kappa shape index (κ1) is 14.2. The second-order valence-electron chi connectivity index (χ2n) is 3.99. The van der Waals surface area contributed by atoms with Crippen molar-refractivity contribution in [3.05, 3.63) is 23.7 Å². The third-order valence-corrected chi connectivity index (χ3v) is 2.47. The maximum Gasteiger partial charge on any atom is 0.338 e. The molecule has 1 aromatic heterocycles. The highest BCUT2D eigenvalue weighted by atomic mass is 16.4. The number of carbonyl (C=O) groups is 2. The highest BCUT2D eigenvalue weighted by Gasteiger charge is 2.13. The average molecular weight is 254 g/mol. The molecule has 0 aliphatic carbocycles. The number of hydrogen-bond acceptors (Lipinski definition) is 4. The highest BCUT2D eigenvalue weighted by Crippen LogP contribution is 2.11. The fourth-order valence-corrected chi connectivity index (χ4v) is 1.61. The summed E-state index contributed by atoms with van der Waals surface area (Å²) < 4.78 is 5.16. The molecule has 0 bridgehead atoms. The Morgan fingerprint density at radius 3 is 2.72 bits per heavy atom. The normalized spacial score (nSPS) is 10.6. The minimum atomic E-state index is -1.02. The molecule has 2 N–H and O–H groups in total. The van der Waals surface area contributed by atoms with Crippen molar-refractivity contribution in [2.24, 2.45) is 0 Å². The Hall–Kier alpha value is -1.82. The quantitative estimate of drug-likeness (QED) is 0.756. The predicted octanol–water partition coefficient (Wildman–Crippen LogP) is 0.936. The summed E-state index contributed by atoms with van der Waals surface area (Å²) in [6, 6.07) is 1.48. The van der Waals surface area contributed by atoms with Gasteiger partial charge in [-0.05, 0) is 19.0 Å². The number of aromatic carboxylic acids is 1. The van der Waals surface area contributed by atoms with Gasteiger partial charge in [0.2, 0.25) is 5.91 Å². The Balaban J connectivity index is 2.63. The molecule has 0 spiro atoms. The van der Waals surface area contributed by atoms with Crippen molar-refractivity contribution in [1.82, 2.24) is 10.2 Å². The SMILES string of the molecule is CCCN(CC(=O)NC)Cc1cc(C(=O)O)co1. The largest absolute Gasteiger partial charge is 0.478 e. The number of hydrogen-bond donors (Lipinski definition) is 2. The monoisotopic (exact) mass is 254 g/mol. The summed E-state index contributed by atoms with van der Waals surface area (Å²) in [5, 5.41) is 11.3. The molecule has 1 rings (SSSR count). The van der Waals surface area contributed by atoms with E-state index >= 15 is 0 Å². The van der Waals surface area contributed by atoms with E-state index in [-0.39, 0.29) is 18.0 Å². The number of carboxylic acid groups (broad SMARTS) is 1. The van der Waals surface area contributed by atoms with Gasteiger partial charge in [-0.1, -0.05) is 6.92 Å². The summed E-state index contributed by atoms with van der Waals surface area (Å²) in [5.74, 6) is -0.545. The third-order valence-electron chi connectivity index (χ3n) is 2.47. The molecule has 0 saturated heterocycles. The zero-order valence-electron chi connectivity index (χ0n) is 10.6. The molecule has 0 fully saturated rings. The van der Waals surface area contributed by atoms with Crippen LogP contribution in [0.2, 0.25) is 0 Å². The number of furan rings is 1. The van der Waals surface area contributed by atoms with Gasteiger partial charge in [-0.25, -0.2) is 4.79 Å². The zero-order chi connectivity index (χ0) is 13.5. The minimum absolute atomic E-state index is 0.0755. The summed E-state index contributed by atoms with van der Waals surface area (Å²) in [7, 11) is 1.59. The Morgan fingerprint density at radius 1 is 1.50 bits per heavy atom. The van der Waals surface area contributed by atoms with Crippen molar-refractivity contribution in [2.75, 3.05) is 20.1 Å². The fourth-order valence-electron chi connectivity index (χ4n) is 1.61. The maximum atomic E-state index is 11.3. The summed E-state index contributed by atoms with van der Waals surface area (Å²) in [6.07, 6.45) is 2.12. The van der Waals surface area contributed by atoms with Crippen molar-refractivity contribution in [3.8, 4) is 0 Å². The first-order valence-corrected chi connectivity index (χ1v) is 5.80. The molecule has 0 radical (unpaired) electrons. The first-order chi connectivity index (χ1) is 8.56. The molecular weight excluding hydrogens is 236 g/mol. The Bertz CT molecular complexity index is 414. The van der Waals surface area contributed by atoms with Crippen LogP contribution in [0.1, 0.15) is 29.5 Å². The fraction of sp³-hybridized carbons (Fsp3) is 0.500. The maximum absolute atomic E-state index is 11.3. The van der Waals surface area contributed by atoms with Gasteiger partial charge in [0.05, 0.1) is 18.7 Å². The van der Waals surface area contributed by atoms with E-state index in [2.05, 4.69) is 5.32 Å². The van der Waals surface area contributed by atoms with Crippen molar-refractivity contribution in [3.63, 3.8) is 0 Å². The minimum Gasteiger partial charge on any atom is -0.478 e. The van der Waals surface area contributed by atoms with Crippen LogP contribution in [0, 0.1) is 0 Å². The van der Waals surface area contributed by atoms with E-state index in [1.54, 1.807) is 7.05 Å². The molecule has 1 aromatic rings. The van der Waals surface area contributed by atoms with Crippen LogP contribution in [0.3, 0.4) is 0 Å². The highest BCUT2D eigenvalue weighted by molar-refractivity contribution is 5.87. The number of nitrogens with zero attached hydrogens (tertiary/aromatic N) is 1. The molecule has 0 aromatic carbocycles. The van der Waals surface area contributed by atoms with E-state index in [0.717, 1.165) is 13.0 Å². The van der Waals surface area contributed by atoms with Gasteiger partial charge >= 0.3 is 5.97 Å². The van der Waals surface area contributed by atoms with E-state index in [9.17, 15) is 9.59 Å².